The Morgan fingerprint density at radius 3 is 2.67 bits per heavy atom. The van der Waals surface area contributed by atoms with Crippen LogP contribution in [0.2, 0.25) is 5.02 Å². The second-order valence-electron chi connectivity index (χ2n) is 5.55. The minimum atomic E-state index is -0.432. The molecule has 1 aliphatic heterocycles. The number of ether oxygens (including phenoxy) is 1. The predicted octanol–water partition coefficient (Wildman–Crippen LogP) is 3.34. The molecule has 6 heteroatoms. The molecule has 1 atom stereocenters. The molecule has 0 saturated carbocycles. The normalized spacial score (nSPS) is 17.0. The largest absolute Gasteiger partial charge is 0.495 e. The Kier molecular flexibility index (Phi) is 4.71. The maximum absolute atomic E-state index is 12.5. The molecule has 1 fully saturated rings. The lowest BCUT2D eigenvalue weighted by Crippen LogP contribution is -2.28. The van der Waals surface area contributed by atoms with Crippen LogP contribution in [0, 0.1) is 5.92 Å². The molecular formula is C18H17ClN2O3. The summed E-state index contributed by atoms with van der Waals surface area (Å²) in [7, 11) is 1.56. The molecule has 2 amide bonds. The van der Waals surface area contributed by atoms with E-state index in [2.05, 4.69) is 5.32 Å². The van der Waals surface area contributed by atoms with Crippen molar-refractivity contribution in [2.75, 3.05) is 23.9 Å². The average molecular weight is 345 g/mol. The summed E-state index contributed by atoms with van der Waals surface area (Å²) in [6.45, 7) is 0.315. The summed E-state index contributed by atoms with van der Waals surface area (Å²) in [5, 5.41) is 3.26. The van der Waals surface area contributed by atoms with E-state index in [-0.39, 0.29) is 18.2 Å². The molecule has 24 heavy (non-hydrogen) atoms. The first kappa shape index (κ1) is 16.3. The van der Waals surface area contributed by atoms with Gasteiger partial charge in [-0.25, -0.2) is 0 Å². The number of nitrogens with one attached hydrogen (secondary N) is 1. The van der Waals surface area contributed by atoms with Gasteiger partial charge in [-0.1, -0.05) is 35.9 Å². The summed E-state index contributed by atoms with van der Waals surface area (Å²) in [6, 6.07) is 14.3. The van der Waals surface area contributed by atoms with Crippen LogP contribution in [0.15, 0.2) is 48.5 Å². The first-order chi connectivity index (χ1) is 11.6. The van der Waals surface area contributed by atoms with Crippen molar-refractivity contribution in [3.8, 4) is 5.75 Å². The lowest BCUT2D eigenvalue weighted by molar-refractivity contribution is -0.122. The number of anilines is 2. The van der Waals surface area contributed by atoms with E-state index >= 15 is 0 Å². The van der Waals surface area contributed by atoms with Gasteiger partial charge in [0, 0.05) is 13.0 Å². The van der Waals surface area contributed by atoms with Gasteiger partial charge in [0.05, 0.1) is 29.4 Å². The average Bonchev–Trinajstić information content (AvgIpc) is 2.98. The number of amides is 2. The number of carbonyl (C=O) groups is 2. The molecule has 1 heterocycles. The van der Waals surface area contributed by atoms with Gasteiger partial charge in [0.2, 0.25) is 11.8 Å². The van der Waals surface area contributed by atoms with Gasteiger partial charge in [-0.05, 0) is 24.3 Å². The molecule has 0 radical (unpaired) electrons. The zero-order chi connectivity index (χ0) is 17.1. The lowest BCUT2D eigenvalue weighted by Gasteiger charge is -2.19. The molecule has 1 unspecified atom stereocenters. The van der Waals surface area contributed by atoms with Crippen LogP contribution >= 0.6 is 11.6 Å². The van der Waals surface area contributed by atoms with Crippen LogP contribution in [0.5, 0.6) is 5.75 Å². The third-order valence-corrected chi connectivity index (χ3v) is 4.33. The number of benzene rings is 2. The molecule has 0 spiro atoms. The minimum Gasteiger partial charge on any atom is -0.495 e. The number of hydrogen-bond donors (Lipinski definition) is 1. The number of rotatable bonds is 4. The van der Waals surface area contributed by atoms with E-state index in [1.165, 1.54) is 0 Å². The van der Waals surface area contributed by atoms with Crippen molar-refractivity contribution in [3.63, 3.8) is 0 Å². The predicted molar refractivity (Wildman–Crippen MR) is 93.5 cm³/mol. The van der Waals surface area contributed by atoms with Gasteiger partial charge in [-0.2, -0.15) is 0 Å². The van der Waals surface area contributed by atoms with Gasteiger partial charge in [0.15, 0.2) is 0 Å². The Hall–Kier alpha value is -2.53. The van der Waals surface area contributed by atoms with E-state index in [4.69, 9.17) is 16.3 Å². The Bertz CT molecular complexity index is 778. The molecule has 1 aliphatic rings. The highest BCUT2D eigenvalue weighted by molar-refractivity contribution is 6.33. The van der Waals surface area contributed by atoms with Gasteiger partial charge in [0.1, 0.15) is 5.75 Å². The summed E-state index contributed by atoms with van der Waals surface area (Å²) in [5.74, 6) is -0.135. The summed E-state index contributed by atoms with van der Waals surface area (Å²) >= 11 is 6.06. The monoisotopic (exact) mass is 344 g/mol. The highest BCUT2D eigenvalue weighted by atomic mass is 35.5. The number of para-hydroxylation sites is 3. The molecule has 5 nitrogen and oxygen atoms in total. The molecular weight excluding hydrogens is 328 g/mol. The van der Waals surface area contributed by atoms with Crippen molar-refractivity contribution < 1.29 is 14.3 Å². The highest BCUT2D eigenvalue weighted by Gasteiger charge is 2.36. The topological polar surface area (TPSA) is 58.6 Å². The summed E-state index contributed by atoms with van der Waals surface area (Å²) in [5.41, 5.74) is 1.23. The number of carbonyl (C=O) groups excluding carboxylic acids is 2. The standard InChI is InChI=1S/C18H17ClN2O3/c1-24-16-9-5-4-8-15(16)21-11-12(10-17(21)22)18(23)20-14-7-3-2-6-13(14)19/h2-9,12H,10-11H2,1H3,(H,20,23). The van der Waals surface area contributed by atoms with Gasteiger partial charge < -0.3 is 15.0 Å². The van der Waals surface area contributed by atoms with Crippen LogP contribution in [0.4, 0.5) is 11.4 Å². The minimum absolute atomic E-state index is 0.0983. The highest BCUT2D eigenvalue weighted by Crippen LogP contribution is 2.33. The summed E-state index contributed by atoms with van der Waals surface area (Å²) in [6.07, 6.45) is 0.161. The van der Waals surface area contributed by atoms with E-state index in [1.54, 1.807) is 42.3 Å². The van der Waals surface area contributed by atoms with E-state index < -0.39 is 5.92 Å². The van der Waals surface area contributed by atoms with Crippen molar-refractivity contribution in [2.45, 2.75) is 6.42 Å². The van der Waals surface area contributed by atoms with Crippen LogP contribution in [0.25, 0.3) is 0 Å². The molecule has 1 N–H and O–H groups in total. The SMILES string of the molecule is COc1ccccc1N1CC(C(=O)Nc2ccccc2Cl)CC1=O. The molecule has 1 saturated heterocycles. The maximum atomic E-state index is 12.5. The van der Waals surface area contributed by atoms with Crippen molar-refractivity contribution in [2.24, 2.45) is 5.92 Å². The molecule has 124 valence electrons. The molecule has 0 aliphatic carbocycles. The second kappa shape index (κ2) is 6.93. The first-order valence-electron chi connectivity index (χ1n) is 7.59. The van der Waals surface area contributed by atoms with E-state index in [9.17, 15) is 9.59 Å². The van der Waals surface area contributed by atoms with E-state index in [0.717, 1.165) is 0 Å². The number of nitrogens with zero attached hydrogens (tertiary/aromatic N) is 1. The van der Waals surface area contributed by atoms with Crippen LogP contribution in [0.1, 0.15) is 6.42 Å². The third-order valence-electron chi connectivity index (χ3n) is 4.00. The fraction of sp³-hybridized carbons (Fsp3) is 0.222. The summed E-state index contributed by atoms with van der Waals surface area (Å²) < 4.78 is 5.30. The lowest BCUT2D eigenvalue weighted by atomic mass is 10.1. The second-order valence-corrected chi connectivity index (χ2v) is 5.95. The Labute approximate surface area is 145 Å². The number of halogens is 1. The zero-order valence-electron chi connectivity index (χ0n) is 13.2. The number of methoxy groups -OCH3 is 1. The molecule has 2 aromatic carbocycles. The van der Waals surface area contributed by atoms with E-state index in [0.29, 0.717) is 28.7 Å². The van der Waals surface area contributed by atoms with Gasteiger partial charge in [0.25, 0.3) is 0 Å². The zero-order valence-corrected chi connectivity index (χ0v) is 13.9. The van der Waals surface area contributed by atoms with Gasteiger partial charge in [-0.3, -0.25) is 9.59 Å². The molecule has 0 bridgehead atoms. The fourth-order valence-electron chi connectivity index (χ4n) is 2.77. The van der Waals surface area contributed by atoms with Gasteiger partial charge >= 0.3 is 0 Å². The smallest absolute Gasteiger partial charge is 0.229 e. The van der Waals surface area contributed by atoms with E-state index in [1.807, 2.05) is 18.2 Å². The molecule has 3 rings (SSSR count). The number of hydrogen-bond acceptors (Lipinski definition) is 3. The third kappa shape index (κ3) is 3.21. The van der Waals surface area contributed by atoms with Crippen LogP contribution in [0.3, 0.4) is 0 Å². The van der Waals surface area contributed by atoms with Crippen molar-refractivity contribution in [1.82, 2.24) is 0 Å². The first-order valence-corrected chi connectivity index (χ1v) is 7.96. The van der Waals surface area contributed by atoms with Crippen LogP contribution in [-0.4, -0.2) is 25.5 Å². The van der Waals surface area contributed by atoms with Crippen molar-refractivity contribution in [1.29, 1.82) is 0 Å². The fourth-order valence-corrected chi connectivity index (χ4v) is 2.95. The van der Waals surface area contributed by atoms with Crippen molar-refractivity contribution >= 4 is 34.8 Å². The maximum Gasteiger partial charge on any atom is 0.229 e. The Morgan fingerprint density at radius 1 is 1.21 bits per heavy atom. The molecule has 2 aromatic rings. The summed E-state index contributed by atoms with van der Waals surface area (Å²) in [4.78, 5) is 26.4. The Balaban J connectivity index is 1.75. The van der Waals surface area contributed by atoms with Crippen molar-refractivity contribution in [3.05, 3.63) is 53.6 Å². The Morgan fingerprint density at radius 2 is 1.92 bits per heavy atom. The van der Waals surface area contributed by atoms with Gasteiger partial charge in [-0.15, -0.1) is 0 Å². The van der Waals surface area contributed by atoms with Crippen LogP contribution in [-0.2, 0) is 9.59 Å². The van der Waals surface area contributed by atoms with Crippen LogP contribution < -0.4 is 15.0 Å². The molecule has 0 aromatic heterocycles. The quantitative estimate of drug-likeness (QED) is 0.925.